The maximum Gasteiger partial charge on any atom is 0.417 e. The summed E-state index contributed by atoms with van der Waals surface area (Å²) in [6, 6.07) is 2.24. The summed E-state index contributed by atoms with van der Waals surface area (Å²) in [7, 11) is 0. The van der Waals surface area contributed by atoms with E-state index in [0.29, 0.717) is 5.82 Å². The first-order chi connectivity index (χ1) is 8.45. The van der Waals surface area contributed by atoms with Crippen LogP contribution in [-0.2, 0) is 6.18 Å². The Hall–Kier alpha value is -1.85. The molecule has 0 aliphatic heterocycles. The van der Waals surface area contributed by atoms with E-state index in [9.17, 15) is 13.2 Å². The summed E-state index contributed by atoms with van der Waals surface area (Å²) in [6.45, 7) is 2.01. The van der Waals surface area contributed by atoms with Crippen molar-refractivity contribution in [3.05, 3.63) is 35.5 Å². The summed E-state index contributed by atoms with van der Waals surface area (Å²) < 4.78 is 36.9. The smallest absolute Gasteiger partial charge is 0.261 e. The molecule has 6 heteroatoms. The van der Waals surface area contributed by atoms with E-state index in [0.717, 1.165) is 30.8 Å². The average Bonchev–Trinajstić information content (AvgIpc) is 2.72. The number of aromatic nitrogens is 1. The molecule has 1 heterocycles. The zero-order chi connectivity index (χ0) is 13.2. The molecule has 2 rings (SSSR count). The highest BCUT2D eigenvalue weighted by Gasteiger charge is 2.30. The minimum atomic E-state index is -4.36. The molecule has 1 aromatic heterocycles. The van der Waals surface area contributed by atoms with Gasteiger partial charge in [-0.25, -0.2) is 4.98 Å². The number of hydrogen-bond acceptors (Lipinski definition) is 3. The van der Waals surface area contributed by atoms with Crippen LogP contribution in [0.25, 0.3) is 0 Å². The Morgan fingerprint density at radius 1 is 1.28 bits per heavy atom. The second-order valence-corrected chi connectivity index (χ2v) is 4.14. The summed E-state index contributed by atoms with van der Waals surface area (Å²) in [4.78, 5) is 3.67. The van der Waals surface area contributed by atoms with E-state index in [1.165, 1.54) is 11.6 Å². The normalized spacial score (nSPS) is 18.0. The SMILES string of the molecule is CC1=C/C(=N/Nc2ccc(C(F)(F)F)cn2)CC1. The topological polar surface area (TPSA) is 37.3 Å². The average molecular weight is 255 g/mol. The number of allylic oxidation sites excluding steroid dienone is 2. The Kier molecular flexibility index (Phi) is 3.36. The lowest BCUT2D eigenvalue weighted by Gasteiger charge is -2.06. The van der Waals surface area contributed by atoms with E-state index < -0.39 is 11.7 Å². The summed E-state index contributed by atoms with van der Waals surface area (Å²) in [6.07, 6.45) is 0.207. The first-order valence-electron chi connectivity index (χ1n) is 5.48. The zero-order valence-corrected chi connectivity index (χ0v) is 9.75. The van der Waals surface area contributed by atoms with Crippen LogP contribution < -0.4 is 5.43 Å². The van der Waals surface area contributed by atoms with Crippen LogP contribution >= 0.6 is 0 Å². The molecule has 0 aromatic carbocycles. The van der Waals surface area contributed by atoms with Gasteiger partial charge in [0.15, 0.2) is 0 Å². The van der Waals surface area contributed by atoms with Gasteiger partial charge in [-0.3, -0.25) is 5.43 Å². The molecular formula is C12H12F3N3. The molecule has 0 fully saturated rings. The summed E-state index contributed by atoms with van der Waals surface area (Å²) in [5, 5.41) is 4.08. The standard InChI is InChI=1S/C12H12F3N3/c1-8-2-4-10(6-8)17-18-11-5-3-9(7-16-11)12(13,14)15/h3,5-7H,2,4H2,1H3,(H,16,18)/b17-10+. The van der Waals surface area contributed by atoms with Gasteiger partial charge in [-0.05, 0) is 38.0 Å². The van der Waals surface area contributed by atoms with E-state index in [2.05, 4.69) is 15.5 Å². The first-order valence-corrected chi connectivity index (χ1v) is 5.48. The molecule has 18 heavy (non-hydrogen) atoms. The Bertz CT molecular complexity index is 486. The number of hydrogen-bond donors (Lipinski definition) is 1. The fourth-order valence-electron chi connectivity index (χ4n) is 1.60. The minimum Gasteiger partial charge on any atom is -0.261 e. The molecule has 0 saturated heterocycles. The van der Waals surface area contributed by atoms with Gasteiger partial charge in [0.25, 0.3) is 0 Å². The number of nitrogens with zero attached hydrogens (tertiary/aromatic N) is 2. The van der Waals surface area contributed by atoms with E-state index in [4.69, 9.17) is 0 Å². The van der Waals surface area contributed by atoms with Crippen LogP contribution in [-0.4, -0.2) is 10.7 Å². The number of alkyl halides is 3. The Labute approximate surface area is 102 Å². The quantitative estimate of drug-likeness (QED) is 0.820. The fraction of sp³-hybridized carbons (Fsp3) is 0.333. The van der Waals surface area contributed by atoms with Crippen molar-refractivity contribution >= 4 is 11.5 Å². The number of halogens is 3. The lowest BCUT2D eigenvalue weighted by atomic mass is 10.3. The monoisotopic (exact) mass is 255 g/mol. The van der Waals surface area contributed by atoms with Crippen LogP contribution in [0.5, 0.6) is 0 Å². The number of anilines is 1. The van der Waals surface area contributed by atoms with Crippen molar-refractivity contribution in [1.82, 2.24) is 4.98 Å². The highest BCUT2D eigenvalue weighted by atomic mass is 19.4. The van der Waals surface area contributed by atoms with Gasteiger partial charge in [0.05, 0.1) is 11.3 Å². The summed E-state index contributed by atoms with van der Waals surface area (Å²) >= 11 is 0. The third kappa shape index (κ3) is 3.09. The van der Waals surface area contributed by atoms with Crippen LogP contribution in [0.3, 0.4) is 0 Å². The lowest BCUT2D eigenvalue weighted by Crippen LogP contribution is -2.06. The zero-order valence-electron chi connectivity index (χ0n) is 9.75. The van der Waals surface area contributed by atoms with Gasteiger partial charge in [0.1, 0.15) is 5.82 Å². The molecular weight excluding hydrogens is 243 g/mol. The van der Waals surface area contributed by atoms with Crippen LogP contribution in [0, 0.1) is 0 Å². The Morgan fingerprint density at radius 3 is 2.56 bits per heavy atom. The van der Waals surface area contributed by atoms with Crippen molar-refractivity contribution in [3.8, 4) is 0 Å². The van der Waals surface area contributed by atoms with Crippen molar-refractivity contribution in [3.63, 3.8) is 0 Å². The van der Waals surface area contributed by atoms with Crippen molar-refractivity contribution < 1.29 is 13.2 Å². The maximum atomic E-state index is 12.3. The highest BCUT2D eigenvalue weighted by Crippen LogP contribution is 2.28. The van der Waals surface area contributed by atoms with Gasteiger partial charge in [0.2, 0.25) is 0 Å². The molecule has 3 nitrogen and oxygen atoms in total. The molecule has 0 spiro atoms. The van der Waals surface area contributed by atoms with Crippen molar-refractivity contribution in [1.29, 1.82) is 0 Å². The Morgan fingerprint density at radius 2 is 2.06 bits per heavy atom. The predicted molar refractivity (Wildman–Crippen MR) is 63.3 cm³/mol. The van der Waals surface area contributed by atoms with Gasteiger partial charge < -0.3 is 0 Å². The summed E-state index contributed by atoms with van der Waals surface area (Å²) in [5.41, 5.74) is 4.01. The van der Waals surface area contributed by atoms with Crippen molar-refractivity contribution in [2.24, 2.45) is 5.10 Å². The molecule has 0 saturated carbocycles. The number of pyridine rings is 1. The molecule has 0 atom stereocenters. The molecule has 96 valence electrons. The Balaban J connectivity index is 2.03. The van der Waals surface area contributed by atoms with Crippen LogP contribution in [0.15, 0.2) is 35.1 Å². The lowest BCUT2D eigenvalue weighted by molar-refractivity contribution is -0.137. The van der Waals surface area contributed by atoms with Crippen LogP contribution in [0.1, 0.15) is 25.3 Å². The molecule has 1 aliphatic carbocycles. The van der Waals surface area contributed by atoms with Crippen LogP contribution in [0.2, 0.25) is 0 Å². The van der Waals surface area contributed by atoms with Gasteiger partial charge >= 0.3 is 6.18 Å². The van der Waals surface area contributed by atoms with Crippen molar-refractivity contribution in [2.45, 2.75) is 25.9 Å². The molecule has 0 radical (unpaired) electrons. The van der Waals surface area contributed by atoms with E-state index in [-0.39, 0.29) is 0 Å². The molecule has 1 N–H and O–H groups in total. The maximum absolute atomic E-state index is 12.3. The number of hydrazone groups is 1. The van der Waals surface area contributed by atoms with E-state index in [1.807, 2.05) is 13.0 Å². The second-order valence-electron chi connectivity index (χ2n) is 4.14. The molecule has 1 aliphatic rings. The van der Waals surface area contributed by atoms with Crippen molar-refractivity contribution in [2.75, 3.05) is 5.43 Å². The van der Waals surface area contributed by atoms with Gasteiger partial charge in [-0.2, -0.15) is 18.3 Å². The minimum absolute atomic E-state index is 0.299. The second kappa shape index (κ2) is 4.80. The van der Waals surface area contributed by atoms with E-state index >= 15 is 0 Å². The molecule has 0 unspecified atom stereocenters. The molecule has 0 bridgehead atoms. The van der Waals surface area contributed by atoms with Crippen LogP contribution in [0.4, 0.5) is 19.0 Å². The molecule has 1 aromatic rings. The van der Waals surface area contributed by atoms with Gasteiger partial charge in [0, 0.05) is 6.20 Å². The van der Waals surface area contributed by atoms with Gasteiger partial charge in [-0.15, -0.1) is 0 Å². The predicted octanol–water partition coefficient (Wildman–Crippen LogP) is 3.61. The third-order valence-electron chi connectivity index (χ3n) is 2.59. The third-order valence-corrected chi connectivity index (χ3v) is 2.59. The van der Waals surface area contributed by atoms with Gasteiger partial charge in [-0.1, -0.05) is 5.57 Å². The number of rotatable bonds is 2. The van der Waals surface area contributed by atoms with E-state index in [1.54, 1.807) is 0 Å². The highest BCUT2D eigenvalue weighted by molar-refractivity contribution is 5.98. The largest absolute Gasteiger partial charge is 0.417 e. The molecule has 0 amide bonds. The fourth-order valence-corrected chi connectivity index (χ4v) is 1.60. The first kappa shape index (κ1) is 12.6. The summed E-state index contributed by atoms with van der Waals surface area (Å²) in [5.74, 6) is 0.299. The number of nitrogens with one attached hydrogen (secondary N) is 1.